The van der Waals surface area contributed by atoms with Gasteiger partial charge in [-0.15, -0.1) is 0 Å². The molecule has 0 saturated heterocycles. The Morgan fingerprint density at radius 1 is 0.562 bits per heavy atom. The summed E-state index contributed by atoms with van der Waals surface area (Å²) >= 11 is 7.48. The van der Waals surface area contributed by atoms with Crippen LogP contribution in [0.5, 0.6) is 0 Å². The van der Waals surface area contributed by atoms with Crippen molar-refractivity contribution in [3.8, 4) is 0 Å². The lowest BCUT2D eigenvalue weighted by molar-refractivity contribution is 0.938. The molecule has 0 spiro atoms. The maximum absolute atomic E-state index is 3.74. The van der Waals surface area contributed by atoms with Crippen molar-refractivity contribution in [3.05, 3.63) is 71.8 Å². The van der Waals surface area contributed by atoms with Crippen LogP contribution in [0.25, 0.3) is 0 Å². The first kappa shape index (κ1) is 11.9. The lowest BCUT2D eigenvalue weighted by Crippen LogP contribution is -1.98. The maximum Gasteiger partial charge on any atom is 0.0561 e. The standard InChI is InChI=1S/C14H12Br2/c15-13(11-7-3-1-4-8-11)14(16)12-9-5-2-6-10-12/h1-10,13-14H/t13-,14-/m0/s1. The number of alkyl halides is 2. The highest BCUT2D eigenvalue weighted by molar-refractivity contribution is 9.12. The Hall–Kier alpha value is -0.600. The molecule has 2 aromatic rings. The smallest absolute Gasteiger partial charge is 0.0561 e. The van der Waals surface area contributed by atoms with E-state index in [0.29, 0.717) is 0 Å². The van der Waals surface area contributed by atoms with Gasteiger partial charge in [-0.3, -0.25) is 0 Å². The fourth-order valence-corrected chi connectivity index (χ4v) is 2.83. The number of rotatable bonds is 3. The summed E-state index contributed by atoms with van der Waals surface area (Å²) in [5, 5.41) is 0. The summed E-state index contributed by atoms with van der Waals surface area (Å²) in [6, 6.07) is 20.9. The van der Waals surface area contributed by atoms with Crippen molar-refractivity contribution >= 4 is 31.9 Å². The molecule has 2 atom stereocenters. The van der Waals surface area contributed by atoms with Crippen LogP contribution >= 0.6 is 31.9 Å². The summed E-state index contributed by atoms with van der Waals surface area (Å²) in [6.07, 6.45) is 0. The molecule has 0 heterocycles. The highest BCUT2D eigenvalue weighted by Gasteiger charge is 2.18. The van der Waals surface area contributed by atoms with Crippen molar-refractivity contribution in [2.75, 3.05) is 0 Å². The normalized spacial score (nSPS) is 14.4. The minimum Gasteiger partial charge on any atom is -0.0823 e. The second-order valence-corrected chi connectivity index (χ2v) is 5.60. The molecule has 16 heavy (non-hydrogen) atoms. The summed E-state index contributed by atoms with van der Waals surface area (Å²) in [5.74, 6) is 0. The second kappa shape index (κ2) is 5.65. The van der Waals surface area contributed by atoms with Gasteiger partial charge in [-0.05, 0) is 11.1 Å². The molecule has 0 unspecified atom stereocenters. The quantitative estimate of drug-likeness (QED) is 0.669. The van der Waals surface area contributed by atoms with E-state index in [9.17, 15) is 0 Å². The molecule has 82 valence electrons. The maximum atomic E-state index is 3.74. The molecular formula is C14H12Br2. The zero-order valence-corrected chi connectivity index (χ0v) is 11.9. The van der Waals surface area contributed by atoms with Crippen LogP contribution in [-0.4, -0.2) is 0 Å². The first-order valence-corrected chi connectivity index (χ1v) is 7.00. The van der Waals surface area contributed by atoms with E-state index >= 15 is 0 Å². The van der Waals surface area contributed by atoms with Crippen LogP contribution in [0.1, 0.15) is 20.8 Å². The Labute approximate surface area is 113 Å². The lowest BCUT2D eigenvalue weighted by Gasteiger charge is -2.17. The molecule has 0 aromatic heterocycles. The minimum atomic E-state index is 0.288. The van der Waals surface area contributed by atoms with Crippen molar-refractivity contribution in [1.82, 2.24) is 0 Å². The van der Waals surface area contributed by atoms with Crippen LogP contribution in [0.3, 0.4) is 0 Å². The predicted octanol–water partition coefficient (Wildman–Crippen LogP) is 5.26. The molecule has 2 rings (SSSR count). The molecule has 0 N–H and O–H groups in total. The summed E-state index contributed by atoms with van der Waals surface area (Å²) < 4.78 is 0. The monoisotopic (exact) mass is 338 g/mol. The predicted molar refractivity (Wildman–Crippen MR) is 76.2 cm³/mol. The van der Waals surface area contributed by atoms with Crippen molar-refractivity contribution in [2.45, 2.75) is 9.65 Å². The molecule has 0 aliphatic heterocycles. The molecule has 0 radical (unpaired) electrons. The van der Waals surface area contributed by atoms with E-state index < -0.39 is 0 Å². The van der Waals surface area contributed by atoms with Gasteiger partial charge < -0.3 is 0 Å². The van der Waals surface area contributed by atoms with Gasteiger partial charge in [0.05, 0.1) is 9.65 Å². The van der Waals surface area contributed by atoms with Gasteiger partial charge in [0, 0.05) is 0 Å². The van der Waals surface area contributed by atoms with E-state index in [4.69, 9.17) is 0 Å². The van der Waals surface area contributed by atoms with Crippen molar-refractivity contribution in [3.63, 3.8) is 0 Å². The van der Waals surface area contributed by atoms with E-state index in [1.807, 2.05) is 12.1 Å². The van der Waals surface area contributed by atoms with Gasteiger partial charge in [0.25, 0.3) is 0 Å². The largest absolute Gasteiger partial charge is 0.0823 e. The molecule has 0 bridgehead atoms. The topological polar surface area (TPSA) is 0 Å². The van der Waals surface area contributed by atoms with Gasteiger partial charge in [0.15, 0.2) is 0 Å². The Bertz CT molecular complexity index is 382. The van der Waals surface area contributed by atoms with Crippen LogP contribution in [0, 0.1) is 0 Å². The molecule has 0 saturated carbocycles. The van der Waals surface area contributed by atoms with Crippen LogP contribution in [0.2, 0.25) is 0 Å². The fourth-order valence-electron chi connectivity index (χ4n) is 1.61. The lowest BCUT2D eigenvalue weighted by atomic mass is 10.0. The summed E-state index contributed by atoms with van der Waals surface area (Å²) in [6.45, 7) is 0. The SMILES string of the molecule is Br[C@@H](c1ccccc1)[C@@H](Br)c1ccccc1. The molecule has 0 amide bonds. The minimum absolute atomic E-state index is 0.288. The van der Waals surface area contributed by atoms with Crippen molar-refractivity contribution in [2.24, 2.45) is 0 Å². The van der Waals surface area contributed by atoms with Crippen molar-refractivity contribution in [1.29, 1.82) is 0 Å². The third-order valence-electron chi connectivity index (χ3n) is 2.49. The van der Waals surface area contributed by atoms with E-state index in [-0.39, 0.29) is 9.65 Å². The average molecular weight is 340 g/mol. The number of halogens is 2. The van der Waals surface area contributed by atoms with Crippen LogP contribution in [0.15, 0.2) is 60.7 Å². The Morgan fingerprint density at radius 2 is 0.875 bits per heavy atom. The van der Waals surface area contributed by atoms with Crippen LogP contribution in [-0.2, 0) is 0 Å². The zero-order chi connectivity index (χ0) is 11.4. The summed E-state index contributed by atoms with van der Waals surface area (Å²) in [5.41, 5.74) is 2.57. The van der Waals surface area contributed by atoms with Crippen molar-refractivity contribution < 1.29 is 0 Å². The first-order valence-electron chi connectivity index (χ1n) is 5.17. The van der Waals surface area contributed by atoms with Gasteiger partial charge in [0.2, 0.25) is 0 Å². The molecule has 0 aliphatic rings. The Balaban J connectivity index is 2.20. The highest BCUT2D eigenvalue weighted by atomic mass is 79.9. The van der Waals surface area contributed by atoms with Crippen LogP contribution < -0.4 is 0 Å². The van der Waals surface area contributed by atoms with Gasteiger partial charge in [-0.1, -0.05) is 92.5 Å². The van der Waals surface area contributed by atoms with Crippen LogP contribution in [0.4, 0.5) is 0 Å². The summed E-state index contributed by atoms with van der Waals surface area (Å²) in [7, 11) is 0. The Kier molecular flexibility index (Phi) is 4.19. The van der Waals surface area contributed by atoms with Gasteiger partial charge in [-0.25, -0.2) is 0 Å². The fraction of sp³-hybridized carbons (Fsp3) is 0.143. The number of hydrogen-bond donors (Lipinski definition) is 0. The van der Waals surface area contributed by atoms with Gasteiger partial charge >= 0.3 is 0 Å². The second-order valence-electron chi connectivity index (χ2n) is 3.62. The Morgan fingerprint density at radius 3 is 1.19 bits per heavy atom. The van der Waals surface area contributed by atoms with E-state index in [0.717, 1.165) is 0 Å². The first-order chi connectivity index (χ1) is 7.79. The van der Waals surface area contributed by atoms with E-state index in [1.165, 1.54) is 11.1 Å². The third-order valence-corrected chi connectivity index (χ3v) is 5.32. The molecule has 0 nitrogen and oxygen atoms in total. The molecule has 2 aromatic carbocycles. The third kappa shape index (κ3) is 2.74. The average Bonchev–Trinajstić information content (AvgIpc) is 2.39. The van der Waals surface area contributed by atoms with Gasteiger partial charge in [0.1, 0.15) is 0 Å². The van der Waals surface area contributed by atoms with E-state index in [2.05, 4.69) is 80.4 Å². The summed E-state index contributed by atoms with van der Waals surface area (Å²) in [4.78, 5) is 0.576. The zero-order valence-electron chi connectivity index (χ0n) is 8.68. The number of benzene rings is 2. The highest BCUT2D eigenvalue weighted by Crippen LogP contribution is 2.41. The van der Waals surface area contributed by atoms with Gasteiger partial charge in [-0.2, -0.15) is 0 Å². The van der Waals surface area contributed by atoms with E-state index in [1.54, 1.807) is 0 Å². The molecule has 0 aliphatic carbocycles. The molecular weight excluding hydrogens is 328 g/mol. The molecule has 0 fully saturated rings. The molecule has 2 heteroatoms. The number of hydrogen-bond acceptors (Lipinski definition) is 0.